The zero-order valence-corrected chi connectivity index (χ0v) is 14.8. The summed E-state index contributed by atoms with van der Waals surface area (Å²) < 4.78 is 28.0. The molecular weight excluding hydrogens is 342 g/mol. The second kappa shape index (κ2) is 7.94. The van der Waals surface area contributed by atoms with Crippen LogP contribution in [0.25, 0.3) is 0 Å². The highest BCUT2D eigenvalue weighted by atomic mass is 32.2. The van der Waals surface area contributed by atoms with Crippen LogP contribution in [0.15, 0.2) is 59.5 Å². The minimum atomic E-state index is -3.42. The number of likely N-dealkylation sites (N-methyl/N-ethyl adjacent to an activating group) is 1. The maximum atomic E-state index is 12.1. The number of benzene rings is 2. The lowest BCUT2D eigenvalue weighted by Crippen LogP contribution is -2.30. The molecule has 0 aromatic heterocycles. The van der Waals surface area contributed by atoms with Gasteiger partial charge in [0.25, 0.3) is 5.91 Å². The Morgan fingerprint density at radius 3 is 2.36 bits per heavy atom. The zero-order valence-electron chi connectivity index (χ0n) is 14.0. The molecule has 0 aliphatic rings. The highest BCUT2D eigenvalue weighted by Gasteiger charge is 2.16. The molecule has 0 spiro atoms. The second-order valence-electron chi connectivity index (χ2n) is 5.61. The van der Waals surface area contributed by atoms with E-state index in [0.29, 0.717) is 6.54 Å². The van der Waals surface area contributed by atoms with Gasteiger partial charge in [0, 0.05) is 19.8 Å². The lowest BCUT2D eigenvalue weighted by atomic mass is 10.2. The van der Waals surface area contributed by atoms with Crippen molar-refractivity contribution in [2.75, 3.05) is 19.9 Å². The molecule has 25 heavy (non-hydrogen) atoms. The molecule has 0 radical (unpaired) electrons. The van der Waals surface area contributed by atoms with Gasteiger partial charge in [0.2, 0.25) is 0 Å². The van der Waals surface area contributed by atoms with Gasteiger partial charge in [-0.15, -0.1) is 0 Å². The van der Waals surface area contributed by atoms with Crippen LogP contribution in [0, 0.1) is 0 Å². The van der Waals surface area contributed by atoms with E-state index in [1.165, 1.54) is 29.2 Å². The molecule has 2 aromatic carbocycles. The molecular formula is C18H19NO5S. The van der Waals surface area contributed by atoms with Gasteiger partial charge in [-0.3, -0.25) is 4.79 Å². The van der Waals surface area contributed by atoms with E-state index in [0.717, 1.165) is 11.8 Å². The standard InChI is InChI=1S/C18H19NO5S/c1-19(12-14-7-4-3-5-8-14)17(20)13-24-18(21)15-9-6-10-16(11-15)25(2,22)23/h3-11H,12-13H2,1-2H3. The second-order valence-corrected chi connectivity index (χ2v) is 7.63. The Morgan fingerprint density at radius 2 is 1.72 bits per heavy atom. The number of esters is 1. The summed E-state index contributed by atoms with van der Waals surface area (Å²) in [5, 5.41) is 0. The third-order valence-electron chi connectivity index (χ3n) is 3.51. The van der Waals surface area contributed by atoms with Gasteiger partial charge in [-0.1, -0.05) is 36.4 Å². The van der Waals surface area contributed by atoms with Crippen molar-refractivity contribution in [3.8, 4) is 0 Å². The Bertz CT molecular complexity index is 862. The summed E-state index contributed by atoms with van der Waals surface area (Å²) in [7, 11) is -1.80. The van der Waals surface area contributed by atoms with Gasteiger partial charge < -0.3 is 9.64 Å². The molecule has 0 N–H and O–H groups in total. The molecule has 6 nitrogen and oxygen atoms in total. The summed E-state index contributed by atoms with van der Waals surface area (Å²) in [6.45, 7) is -0.00788. The first-order valence-electron chi connectivity index (χ1n) is 7.52. The number of carbonyl (C=O) groups is 2. The van der Waals surface area contributed by atoms with Gasteiger partial charge in [0.1, 0.15) is 0 Å². The molecule has 0 atom stereocenters. The quantitative estimate of drug-likeness (QED) is 0.734. The predicted octanol–water partition coefficient (Wildman–Crippen LogP) is 1.91. The lowest BCUT2D eigenvalue weighted by Gasteiger charge is -2.17. The van der Waals surface area contributed by atoms with E-state index >= 15 is 0 Å². The summed E-state index contributed by atoms with van der Waals surface area (Å²) >= 11 is 0. The fourth-order valence-electron chi connectivity index (χ4n) is 2.12. The number of amides is 1. The summed E-state index contributed by atoms with van der Waals surface area (Å²) in [5.74, 6) is -1.09. The van der Waals surface area contributed by atoms with Crippen LogP contribution >= 0.6 is 0 Å². The lowest BCUT2D eigenvalue weighted by molar-refractivity contribution is -0.133. The Kier molecular flexibility index (Phi) is 5.93. The minimum Gasteiger partial charge on any atom is -0.452 e. The fourth-order valence-corrected chi connectivity index (χ4v) is 2.79. The van der Waals surface area contributed by atoms with Crippen LogP contribution in [0.1, 0.15) is 15.9 Å². The van der Waals surface area contributed by atoms with E-state index in [1.807, 2.05) is 30.3 Å². The predicted molar refractivity (Wildman–Crippen MR) is 92.8 cm³/mol. The van der Waals surface area contributed by atoms with E-state index < -0.39 is 22.4 Å². The number of nitrogens with zero attached hydrogens (tertiary/aromatic N) is 1. The van der Waals surface area contributed by atoms with E-state index in [1.54, 1.807) is 7.05 Å². The number of rotatable bonds is 6. The maximum absolute atomic E-state index is 12.1. The van der Waals surface area contributed by atoms with Crippen LogP contribution in [0.4, 0.5) is 0 Å². The molecule has 0 heterocycles. The first kappa shape index (κ1) is 18.7. The molecule has 0 aliphatic heterocycles. The van der Waals surface area contributed by atoms with Crippen molar-refractivity contribution in [3.63, 3.8) is 0 Å². The van der Waals surface area contributed by atoms with Gasteiger partial charge >= 0.3 is 5.97 Å². The molecule has 0 bridgehead atoms. The highest BCUT2D eigenvalue weighted by molar-refractivity contribution is 7.90. The highest BCUT2D eigenvalue weighted by Crippen LogP contribution is 2.12. The summed E-state index contributed by atoms with van der Waals surface area (Å²) in [6.07, 6.45) is 1.06. The molecule has 0 unspecified atom stereocenters. The Hall–Kier alpha value is -2.67. The first-order valence-corrected chi connectivity index (χ1v) is 9.41. The number of sulfone groups is 1. The molecule has 1 amide bonds. The van der Waals surface area contributed by atoms with Crippen LogP contribution in [0.3, 0.4) is 0 Å². The van der Waals surface area contributed by atoms with E-state index in [-0.39, 0.29) is 16.4 Å². The van der Waals surface area contributed by atoms with Crippen LogP contribution in [0.5, 0.6) is 0 Å². The minimum absolute atomic E-state index is 0.0227. The molecule has 0 saturated carbocycles. The van der Waals surface area contributed by atoms with Crippen LogP contribution in [-0.2, 0) is 25.9 Å². The maximum Gasteiger partial charge on any atom is 0.338 e. The van der Waals surface area contributed by atoms with Crippen LogP contribution in [0.2, 0.25) is 0 Å². The Balaban J connectivity index is 1.94. The third-order valence-corrected chi connectivity index (χ3v) is 4.62. The normalized spacial score (nSPS) is 11.0. The molecule has 2 rings (SSSR count). The largest absolute Gasteiger partial charge is 0.452 e. The average molecular weight is 361 g/mol. The Labute approximate surface area is 146 Å². The summed E-state index contributed by atoms with van der Waals surface area (Å²) in [6, 6.07) is 15.0. The summed E-state index contributed by atoms with van der Waals surface area (Å²) in [4.78, 5) is 25.6. The van der Waals surface area contributed by atoms with E-state index in [9.17, 15) is 18.0 Å². The molecule has 0 saturated heterocycles. The Morgan fingerprint density at radius 1 is 1.04 bits per heavy atom. The van der Waals surface area contributed by atoms with Crippen molar-refractivity contribution in [3.05, 3.63) is 65.7 Å². The van der Waals surface area contributed by atoms with Crippen molar-refractivity contribution in [2.24, 2.45) is 0 Å². The first-order chi connectivity index (χ1) is 11.8. The van der Waals surface area contributed by atoms with Gasteiger partial charge in [-0.2, -0.15) is 0 Å². The van der Waals surface area contributed by atoms with Crippen molar-refractivity contribution in [1.29, 1.82) is 0 Å². The third kappa shape index (κ3) is 5.42. The number of ether oxygens (including phenoxy) is 1. The van der Waals surface area contributed by atoms with Crippen molar-refractivity contribution >= 4 is 21.7 Å². The fraction of sp³-hybridized carbons (Fsp3) is 0.222. The molecule has 0 aliphatic carbocycles. The van der Waals surface area contributed by atoms with Crippen molar-refractivity contribution in [1.82, 2.24) is 4.90 Å². The molecule has 0 fully saturated rings. The van der Waals surface area contributed by atoms with Gasteiger partial charge in [0.15, 0.2) is 16.4 Å². The summed E-state index contributed by atoms with van der Waals surface area (Å²) in [5.41, 5.74) is 1.05. The number of carbonyl (C=O) groups excluding carboxylic acids is 2. The van der Waals surface area contributed by atoms with Crippen LogP contribution < -0.4 is 0 Å². The number of hydrogen-bond donors (Lipinski definition) is 0. The van der Waals surface area contributed by atoms with Crippen molar-refractivity contribution in [2.45, 2.75) is 11.4 Å². The molecule has 2 aromatic rings. The van der Waals surface area contributed by atoms with Gasteiger partial charge in [-0.05, 0) is 23.8 Å². The molecule has 132 valence electrons. The monoisotopic (exact) mass is 361 g/mol. The van der Waals surface area contributed by atoms with E-state index in [4.69, 9.17) is 4.74 Å². The smallest absolute Gasteiger partial charge is 0.338 e. The zero-order chi connectivity index (χ0) is 18.4. The van der Waals surface area contributed by atoms with E-state index in [2.05, 4.69) is 0 Å². The molecule has 7 heteroatoms. The van der Waals surface area contributed by atoms with Gasteiger partial charge in [-0.25, -0.2) is 13.2 Å². The number of hydrogen-bond acceptors (Lipinski definition) is 5. The van der Waals surface area contributed by atoms with Crippen molar-refractivity contribution < 1.29 is 22.7 Å². The SMILES string of the molecule is CN(Cc1ccccc1)C(=O)COC(=O)c1cccc(S(C)(=O)=O)c1. The van der Waals surface area contributed by atoms with Crippen LogP contribution in [-0.4, -0.2) is 45.1 Å². The average Bonchev–Trinajstić information content (AvgIpc) is 2.59. The van der Waals surface area contributed by atoms with Gasteiger partial charge in [0.05, 0.1) is 10.5 Å². The topological polar surface area (TPSA) is 80.8 Å².